The van der Waals surface area contributed by atoms with Crippen LogP contribution in [0.3, 0.4) is 0 Å². The number of aromatic amines is 1. The summed E-state index contributed by atoms with van der Waals surface area (Å²) in [6.45, 7) is 5.15. The standard InChI is InChI=1S/C25H26F3N7O3/c1-17(36)35-11-9-34(10-12-35)13-14-38-21-5-3-18(24-29-16-22(31-24)25(26,27)28)15-20(21)30-23(37)6-4-19-7-8-33(2)32-19/h3,5,7-8,15-16H,9-14H2,1-2H3,(H,29,31)(H,30,37). The van der Waals surface area contributed by atoms with Gasteiger partial charge in [-0.05, 0) is 30.2 Å². The van der Waals surface area contributed by atoms with Crippen molar-refractivity contribution >= 4 is 17.5 Å². The van der Waals surface area contributed by atoms with E-state index in [-0.39, 0.29) is 17.4 Å². The summed E-state index contributed by atoms with van der Waals surface area (Å²) in [5.74, 6) is 4.82. The number of halogens is 3. The Kier molecular flexibility index (Phi) is 8.02. The average Bonchev–Trinajstić information content (AvgIpc) is 3.53. The second-order valence-corrected chi connectivity index (χ2v) is 8.63. The van der Waals surface area contributed by atoms with Gasteiger partial charge in [-0.1, -0.05) is 0 Å². The van der Waals surface area contributed by atoms with Crippen LogP contribution in [0.25, 0.3) is 11.4 Å². The molecule has 200 valence electrons. The molecule has 0 atom stereocenters. The Morgan fingerprint density at radius 3 is 2.58 bits per heavy atom. The zero-order valence-electron chi connectivity index (χ0n) is 20.8. The first-order valence-corrected chi connectivity index (χ1v) is 11.8. The molecule has 1 aliphatic heterocycles. The minimum Gasteiger partial charge on any atom is -0.490 e. The third kappa shape index (κ3) is 6.92. The quantitative estimate of drug-likeness (QED) is 0.475. The first kappa shape index (κ1) is 26.7. The molecule has 10 nitrogen and oxygen atoms in total. The fourth-order valence-corrected chi connectivity index (χ4v) is 3.84. The molecule has 1 aliphatic rings. The van der Waals surface area contributed by atoms with Crippen LogP contribution in [0.2, 0.25) is 0 Å². The van der Waals surface area contributed by atoms with Crippen LogP contribution in [0.4, 0.5) is 18.9 Å². The summed E-state index contributed by atoms with van der Waals surface area (Å²) in [4.78, 5) is 34.1. The maximum atomic E-state index is 13.0. The zero-order valence-corrected chi connectivity index (χ0v) is 20.8. The normalized spacial score (nSPS) is 14.1. The van der Waals surface area contributed by atoms with E-state index in [0.29, 0.717) is 62.5 Å². The predicted octanol–water partition coefficient (Wildman–Crippen LogP) is 2.36. The number of nitrogens with one attached hydrogen (secondary N) is 2. The van der Waals surface area contributed by atoms with Crippen LogP contribution in [0.15, 0.2) is 36.7 Å². The Labute approximate surface area is 216 Å². The number of piperazine rings is 1. The highest BCUT2D eigenvalue weighted by Gasteiger charge is 2.33. The summed E-state index contributed by atoms with van der Waals surface area (Å²) in [6, 6.07) is 6.23. The molecule has 2 N–H and O–H groups in total. The van der Waals surface area contributed by atoms with Crippen LogP contribution >= 0.6 is 0 Å². The lowest BCUT2D eigenvalue weighted by Gasteiger charge is -2.34. The van der Waals surface area contributed by atoms with Crippen LogP contribution in [0, 0.1) is 11.8 Å². The van der Waals surface area contributed by atoms with Crippen LogP contribution in [0.1, 0.15) is 18.3 Å². The van der Waals surface area contributed by atoms with E-state index < -0.39 is 17.8 Å². The number of carbonyl (C=O) groups is 2. The lowest BCUT2D eigenvalue weighted by molar-refractivity contribution is -0.140. The topological polar surface area (TPSA) is 108 Å². The summed E-state index contributed by atoms with van der Waals surface area (Å²) in [6.07, 6.45) is -2.17. The molecular formula is C25H26F3N7O3. The fraction of sp³-hybridized carbons (Fsp3) is 0.360. The second-order valence-electron chi connectivity index (χ2n) is 8.63. The molecule has 13 heteroatoms. The van der Waals surface area contributed by atoms with E-state index in [1.807, 2.05) is 0 Å². The number of anilines is 1. The summed E-state index contributed by atoms with van der Waals surface area (Å²) < 4.78 is 46.5. The number of aromatic nitrogens is 4. The summed E-state index contributed by atoms with van der Waals surface area (Å²) in [5, 5.41) is 6.74. The van der Waals surface area contributed by atoms with Gasteiger partial charge < -0.3 is 19.9 Å². The highest BCUT2D eigenvalue weighted by Crippen LogP contribution is 2.32. The van der Waals surface area contributed by atoms with Crippen molar-refractivity contribution in [1.82, 2.24) is 29.5 Å². The Morgan fingerprint density at radius 2 is 1.95 bits per heavy atom. The SMILES string of the molecule is CC(=O)N1CCN(CCOc2ccc(-c3ncc(C(F)(F)F)[nH]3)cc2NC(=O)C#Cc2ccn(C)n2)CC1. The lowest BCUT2D eigenvalue weighted by Crippen LogP contribution is -2.48. The third-order valence-corrected chi connectivity index (χ3v) is 5.88. The van der Waals surface area contributed by atoms with Gasteiger partial charge in [-0.2, -0.15) is 18.3 Å². The molecule has 0 saturated carbocycles. The number of hydrogen-bond acceptors (Lipinski definition) is 6. The van der Waals surface area contributed by atoms with Gasteiger partial charge in [0.25, 0.3) is 0 Å². The molecule has 0 aliphatic carbocycles. The third-order valence-electron chi connectivity index (χ3n) is 5.88. The highest BCUT2D eigenvalue weighted by molar-refractivity contribution is 6.05. The van der Waals surface area contributed by atoms with Crippen molar-refractivity contribution in [3.05, 3.63) is 48.0 Å². The minimum atomic E-state index is -4.57. The van der Waals surface area contributed by atoms with E-state index in [9.17, 15) is 22.8 Å². The first-order chi connectivity index (χ1) is 18.1. The highest BCUT2D eigenvalue weighted by atomic mass is 19.4. The molecule has 0 unspecified atom stereocenters. The van der Waals surface area contributed by atoms with Gasteiger partial charge in [0.2, 0.25) is 5.91 Å². The Balaban J connectivity index is 1.48. The van der Waals surface area contributed by atoms with E-state index in [0.717, 1.165) is 0 Å². The van der Waals surface area contributed by atoms with Crippen molar-refractivity contribution in [2.75, 3.05) is 44.6 Å². The number of imidazole rings is 1. The average molecular weight is 530 g/mol. The van der Waals surface area contributed by atoms with E-state index in [2.05, 4.69) is 37.1 Å². The Hall–Kier alpha value is -4.31. The van der Waals surface area contributed by atoms with Gasteiger partial charge in [0, 0.05) is 64.4 Å². The number of ether oxygens (including phenoxy) is 1. The second kappa shape index (κ2) is 11.4. The number of benzene rings is 1. The van der Waals surface area contributed by atoms with E-state index in [1.54, 1.807) is 47.9 Å². The molecule has 3 heterocycles. The maximum absolute atomic E-state index is 13.0. The van der Waals surface area contributed by atoms with Gasteiger partial charge >= 0.3 is 12.1 Å². The number of aryl methyl sites for hydroxylation is 1. The molecule has 0 spiro atoms. The molecule has 38 heavy (non-hydrogen) atoms. The molecule has 1 fully saturated rings. The van der Waals surface area contributed by atoms with Crippen molar-refractivity contribution in [2.24, 2.45) is 7.05 Å². The van der Waals surface area contributed by atoms with E-state index in [4.69, 9.17) is 4.74 Å². The number of hydrogen-bond donors (Lipinski definition) is 2. The van der Waals surface area contributed by atoms with Crippen molar-refractivity contribution in [3.8, 4) is 29.0 Å². The molecule has 3 aromatic rings. The molecule has 2 amide bonds. The molecule has 1 saturated heterocycles. The Morgan fingerprint density at radius 1 is 1.18 bits per heavy atom. The van der Waals surface area contributed by atoms with Gasteiger partial charge in [-0.3, -0.25) is 19.2 Å². The largest absolute Gasteiger partial charge is 0.490 e. The molecule has 4 rings (SSSR count). The van der Waals surface area contributed by atoms with Crippen LogP contribution in [-0.2, 0) is 22.8 Å². The van der Waals surface area contributed by atoms with E-state index >= 15 is 0 Å². The van der Waals surface area contributed by atoms with E-state index in [1.165, 1.54) is 6.07 Å². The predicted molar refractivity (Wildman–Crippen MR) is 132 cm³/mol. The number of nitrogens with zero attached hydrogens (tertiary/aromatic N) is 5. The smallest absolute Gasteiger partial charge is 0.432 e. The molecule has 0 bridgehead atoms. The molecular weight excluding hydrogens is 503 g/mol. The zero-order chi connectivity index (χ0) is 27.3. The monoisotopic (exact) mass is 529 g/mol. The van der Waals surface area contributed by atoms with Crippen LogP contribution in [-0.4, -0.2) is 80.7 Å². The number of amides is 2. The van der Waals surface area contributed by atoms with Gasteiger partial charge in [0.05, 0.1) is 11.9 Å². The van der Waals surface area contributed by atoms with Crippen molar-refractivity contribution < 1.29 is 27.5 Å². The van der Waals surface area contributed by atoms with Gasteiger partial charge in [0.15, 0.2) is 0 Å². The summed E-state index contributed by atoms with van der Waals surface area (Å²) in [5.41, 5.74) is -0.0205. The van der Waals surface area contributed by atoms with Crippen molar-refractivity contribution in [1.29, 1.82) is 0 Å². The van der Waals surface area contributed by atoms with Gasteiger partial charge in [0.1, 0.15) is 29.6 Å². The summed E-state index contributed by atoms with van der Waals surface area (Å²) in [7, 11) is 1.72. The van der Waals surface area contributed by atoms with Gasteiger partial charge in [-0.15, -0.1) is 0 Å². The number of alkyl halides is 3. The maximum Gasteiger partial charge on any atom is 0.432 e. The minimum absolute atomic E-state index is 0.0118. The number of rotatable bonds is 6. The number of H-pyrrole nitrogens is 1. The first-order valence-electron chi connectivity index (χ1n) is 11.8. The number of carbonyl (C=O) groups excluding carboxylic acids is 2. The molecule has 0 radical (unpaired) electrons. The lowest BCUT2D eigenvalue weighted by atomic mass is 10.1. The summed E-state index contributed by atoms with van der Waals surface area (Å²) >= 11 is 0. The van der Waals surface area contributed by atoms with Crippen LogP contribution < -0.4 is 10.1 Å². The van der Waals surface area contributed by atoms with Crippen LogP contribution in [0.5, 0.6) is 5.75 Å². The van der Waals surface area contributed by atoms with Crippen molar-refractivity contribution in [2.45, 2.75) is 13.1 Å². The van der Waals surface area contributed by atoms with Gasteiger partial charge in [-0.25, -0.2) is 4.98 Å². The fourth-order valence-electron chi connectivity index (χ4n) is 3.84. The van der Waals surface area contributed by atoms with Crippen molar-refractivity contribution in [3.63, 3.8) is 0 Å². The Bertz CT molecular complexity index is 1360. The molecule has 2 aromatic heterocycles. The molecule has 1 aromatic carbocycles.